The molecule has 0 bridgehead atoms. The first-order valence-corrected chi connectivity index (χ1v) is 3.30. The summed E-state index contributed by atoms with van der Waals surface area (Å²) in [5, 5.41) is 0. The van der Waals surface area contributed by atoms with Gasteiger partial charge in [-0.2, -0.15) is 0 Å². The first-order chi connectivity index (χ1) is 4.95. The summed E-state index contributed by atoms with van der Waals surface area (Å²) in [7, 11) is 0. The Morgan fingerprint density at radius 1 is 1.60 bits per heavy atom. The molecule has 1 fully saturated rings. The van der Waals surface area contributed by atoms with Crippen molar-refractivity contribution in [3.63, 3.8) is 0 Å². The summed E-state index contributed by atoms with van der Waals surface area (Å²) in [5.74, 6) is 0.588. The molecule has 1 aromatic heterocycles. The summed E-state index contributed by atoms with van der Waals surface area (Å²) in [6.07, 6.45) is 8.42. The van der Waals surface area contributed by atoms with Crippen LogP contribution in [0.15, 0.2) is 12.4 Å². The molecule has 1 aromatic rings. The van der Waals surface area contributed by atoms with Crippen LogP contribution in [-0.2, 0) is 0 Å². The zero-order chi connectivity index (χ0) is 6.81. The third kappa shape index (κ3) is 1.23. The first kappa shape index (κ1) is 5.65. The lowest BCUT2D eigenvalue weighted by atomic mass is 10.7. The summed E-state index contributed by atoms with van der Waals surface area (Å²) in [6.45, 7) is 0. The Bertz CT molecular complexity index is 208. The van der Waals surface area contributed by atoms with Gasteiger partial charge in [0.2, 0.25) is 5.88 Å². The van der Waals surface area contributed by atoms with Gasteiger partial charge in [0.25, 0.3) is 0 Å². The van der Waals surface area contributed by atoms with Gasteiger partial charge < -0.3 is 4.74 Å². The van der Waals surface area contributed by atoms with Crippen LogP contribution in [-0.4, -0.2) is 16.1 Å². The van der Waals surface area contributed by atoms with Crippen LogP contribution in [0.4, 0.5) is 0 Å². The number of hydrogen-bond acceptors (Lipinski definition) is 3. The van der Waals surface area contributed by atoms with Crippen molar-refractivity contribution < 1.29 is 4.74 Å². The molecule has 2 rings (SSSR count). The average molecular weight is 135 g/mol. The molecule has 0 spiro atoms. The van der Waals surface area contributed by atoms with E-state index in [-0.39, 0.29) is 0 Å². The Morgan fingerprint density at radius 3 is 3.10 bits per heavy atom. The van der Waals surface area contributed by atoms with Crippen molar-refractivity contribution in [2.45, 2.75) is 18.9 Å². The Hall–Kier alpha value is -1.12. The van der Waals surface area contributed by atoms with Crippen molar-refractivity contribution in [2.75, 3.05) is 0 Å². The zero-order valence-electron chi connectivity index (χ0n) is 5.45. The molecule has 1 saturated carbocycles. The number of nitrogens with zero attached hydrogens (tertiary/aromatic N) is 2. The Morgan fingerprint density at radius 2 is 2.50 bits per heavy atom. The van der Waals surface area contributed by atoms with Crippen LogP contribution in [0.5, 0.6) is 5.88 Å². The van der Waals surface area contributed by atoms with Gasteiger partial charge in [0.05, 0.1) is 12.4 Å². The van der Waals surface area contributed by atoms with Gasteiger partial charge in [-0.1, -0.05) is 0 Å². The normalized spacial score (nSPS) is 16.8. The molecule has 0 N–H and O–H groups in total. The molecule has 1 aliphatic rings. The SMILES string of the molecule is [c]1cncc(OC2CC2)n1. The molecule has 0 unspecified atom stereocenters. The highest BCUT2D eigenvalue weighted by atomic mass is 16.5. The number of rotatable bonds is 2. The van der Waals surface area contributed by atoms with E-state index in [9.17, 15) is 0 Å². The van der Waals surface area contributed by atoms with Crippen LogP contribution in [0, 0.1) is 6.20 Å². The highest BCUT2D eigenvalue weighted by Crippen LogP contribution is 2.24. The molecule has 0 aliphatic heterocycles. The minimum atomic E-state index is 0.394. The Balaban J connectivity index is 2.03. The fourth-order valence-corrected chi connectivity index (χ4v) is 0.669. The van der Waals surface area contributed by atoms with E-state index < -0.39 is 0 Å². The highest BCUT2D eigenvalue weighted by Gasteiger charge is 2.23. The average Bonchev–Trinajstić information content (AvgIpc) is 2.74. The monoisotopic (exact) mass is 135 g/mol. The molecule has 0 aromatic carbocycles. The summed E-state index contributed by atoms with van der Waals surface area (Å²) < 4.78 is 5.32. The molecule has 3 nitrogen and oxygen atoms in total. The number of aromatic nitrogens is 2. The third-order valence-electron chi connectivity index (χ3n) is 1.30. The van der Waals surface area contributed by atoms with Crippen LogP contribution in [0.1, 0.15) is 12.8 Å². The summed E-state index contributed by atoms with van der Waals surface area (Å²) in [4.78, 5) is 7.67. The third-order valence-corrected chi connectivity index (χ3v) is 1.30. The molecule has 10 heavy (non-hydrogen) atoms. The highest BCUT2D eigenvalue weighted by molar-refractivity contribution is 5.02. The van der Waals surface area contributed by atoms with Crippen LogP contribution >= 0.6 is 0 Å². The van der Waals surface area contributed by atoms with Gasteiger partial charge >= 0.3 is 0 Å². The molecular formula is C7H7N2O. The second-order valence-electron chi connectivity index (χ2n) is 2.30. The van der Waals surface area contributed by atoms with E-state index in [0.717, 1.165) is 12.8 Å². The van der Waals surface area contributed by atoms with Crippen LogP contribution < -0.4 is 4.74 Å². The molecule has 1 aliphatic carbocycles. The Kier molecular flexibility index (Phi) is 1.27. The van der Waals surface area contributed by atoms with Crippen molar-refractivity contribution in [1.29, 1.82) is 0 Å². The van der Waals surface area contributed by atoms with Gasteiger partial charge in [0, 0.05) is 0 Å². The van der Waals surface area contributed by atoms with Gasteiger partial charge in [0.1, 0.15) is 12.3 Å². The van der Waals surface area contributed by atoms with Gasteiger partial charge in [-0.3, -0.25) is 4.98 Å². The fraction of sp³-hybridized carbons (Fsp3) is 0.429. The van der Waals surface area contributed by atoms with Gasteiger partial charge in [-0.25, -0.2) is 4.98 Å². The van der Waals surface area contributed by atoms with Gasteiger partial charge in [-0.05, 0) is 12.8 Å². The second-order valence-corrected chi connectivity index (χ2v) is 2.30. The predicted octanol–water partition coefficient (Wildman–Crippen LogP) is 0.818. The lowest BCUT2D eigenvalue weighted by Crippen LogP contribution is -1.97. The summed E-state index contributed by atoms with van der Waals surface area (Å²) in [6, 6.07) is 0. The lowest BCUT2D eigenvalue weighted by Gasteiger charge is -1.98. The van der Waals surface area contributed by atoms with Crippen molar-refractivity contribution in [2.24, 2.45) is 0 Å². The van der Waals surface area contributed by atoms with Crippen LogP contribution in [0.25, 0.3) is 0 Å². The summed E-state index contributed by atoms with van der Waals surface area (Å²) in [5.41, 5.74) is 0. The van der Waals surface area contributed by atoms with E-state index >= 15 is 0 Å². The molecule has 1 radical (unpaired) electrons. The maximum atomic E-state index is 5.32. The van der Waals surface area contributed by atoms with E-state index in [1.807, 2.05) is 0 Å². The van der Waals surface area contributed by atoms with Gasteiger partial charge in [-0.15, -0.1) is 0 Å². The van der Waals surface area contributed by atoms with Crippen LogP contribution in [0.2, 0.25) is 0 Å². The maximum Gasteiger partial charge on any atom is 0.233 e. The summed E-state index contributed by atoms with van der Waals surface area (Å²) >= 11 is 0. The predicted molar refractivity (Wildman–Crippen MR) is 34.5 cm³/mol. The Labute approximate surface area is 59.1 Å². The second kappa shape index (κ2) is 2.25. The van der Waals surface area contributed by atoms with E-state index in [4.69, 9.17) is 4.74 Å². The molecule has 3 heteroatoms. The topological polar surface area (TPSA) is 35.0 Å². The minimum absolute atomic E-state index is 0.394. The molecule has 0 saturated heterocycles. The minimum Gasteiger partial charge on any atom is -0.473 e. The first-order valence-electron chi connectivity index (χ1n) is 3.30. The molecule has 0 amide bonds. The van der Waals surface area contributed by atoms with E-state index in [1.54, 1.807) is 6.20 Å². The van der Waals surface area contributed by atoms with Crippen molar-refractivity contribution in [3.05, 3.63) is 18.6 Å². The van der Waals surface area contributed by atoms with Gasteiger partial charge in [0.15, 0.2) is 0 Å². The number of ether oxygens (including phenoxy) is 1. The van der Waals surface area contributed by atoms with Crippen molar-refractivity contribution in [1.82, 2.24) is 9.97 Å². The molecule has 1 heterocycles. The zero-order valence-corrected chi connectivity index (χ0v) is 5.45. The molecule has 51 valence electrons. The smallest absolute Gasteiger partial charge is 0.233 e. The standard InChI is InChI=1S/C7H7N2O/c1-2-6(1)10-7-5-8-3-4-9-7/h3,5-6H,1-2H2. The van der Waals surface area contributed by atoms with Crippen LogP contribution in [0.3, 0.4) is 0 Å². The molecular weight excluding hydrogens is 128 g/mol. The largest absolute Gasteiger partial charge is 0.473 e. The number of hydrogen-bond donors (Lipinski definition) is 0. The van der Waals surface area contributed by atoms with E-state index in [1.165, 1.54) is 6.20 Å². The van der Waals surface area contributed by atoms with E-state index in [0.29, 0.717) is 12.0 Å². The van der Waals surface area contributed by atoms with Crippen molar-refractivity contribution >= 4 is 0 Å². The van der Waals surface area contributed by atoms with Crippen molar-refractivity contribution in [3.8, 4) is 5.88 Å². The quantitative estimate of drug-likeness (QED) is 0.602. The van der Waals surface area contributed by atoms with E-state index in [2.05, 4.69) is 16.2 Å². The molecule has 0 atom stereocenters. The fourth-order valence-electron chi connectivity index (χ4n) is 0.669. The maximum absolute atomic E-state index is 5.32. The lowest BCUT2D eigenvalue weighted by molar-refractivity contribution is 0.289.